The third kappa shape index (κ3) is 4.22. The molecule has 1 saturated heterocycles. The van der Waals surface area contributed by atoms with Crippen molar-refractivity contribution < 1.29 is 19.1 Å². The number of rotatable bonds is 8. The zero-order chi connectivity index (χ0) is 20.0. The third-order valence-electron chi connectivity index (χ3n) is 6.01. The average Bonchev–Trinajstić information content (AvgIpc) is 3.19. The number of carbonyl (C=O) groups excluding carboxylic acids is 2. The van der Waals surface area contributed by atoms with Crippen LogP contribution in [-0.2, 0) is 31.0 Å². The second-order valence-corrected chi connectivity index (χ2v) is 7.67. The Kier molecular flexibility index (Phi) is 7.07. The number of unbranched alkanes of at least 4 members (excludes halogenated alkanes) is 2. The molecular formula is C20H32N4O4. The molecular weight excluding hydrogens is 360 g/mol. The number of ether oxygens (including phenoxy) is 2. The summed E-state index contributed by atoms with van der Waals surface area (Å²) < 4.78 is 10.2. The van der Waals surface area contributed by atoms with E-state index in [1.165, 1.54) is 0 Å². The number of hydrogen-bond donors (Lipinski definition) is 1. The number of nitrogens with one attached hydrogen (secondary N) is 1. The van der Waals surface area contributed by atoms with E-state index >= 15 is 0 Å². The van der Waals surface area contributed by atoms with Crippen LogP contribution in [0.1, 0.15) is 49.9 Å². The molecule has 2 aliphatic heterocycles. The molecule has 0 aromatic carbocycles. The zero-order valence-corrected chi connectivity index (χ0v) is 17.0. The molecule has 1 N–H and O–H groups in total. The topological polar surface area (TPSA) is 87.8 Å². The minimum absolute atomic E-state index is 0.00549. The number of likely N-dealkylation sites (tertiary alicyclic amines) is 1. The Morgan fingerprint density at radius 3 is 2.61 bits per heavy atom. The van der Waals surface area contributed by atoms with Crippen molar-refractivity contribution in [3.8, 4) is 0 Å². The van der Waals surface area contributed by atoms with Crippen LogP contribution in [-0.4, -0.2) is 78.6 Å². The van der Waals surface area contributed by atoms with Crippen molar-refractivity contribution in [3.63, 3.8) is 0 Å². The van der Waals surface area contributed by atoms with Crippen LogP contribution in [0, 0.1) is 0 Å². The van der Waals surface area contributed by atoms with Crippen LogP contribution < -0.4 is 0 Å². The molecule has 1 aromatic heterocycles. The summed E-state index contributed by atoms with van der Waals surface area (Å²) >= 11 is 0. The fraction of sp³-hybridized carbons (Fsp3) is 0.750. The summed E-state index contributed by atoms with van der Waals surface area (Å²) in [6.07, 6.45) is 7.40. The summed E-state index contributed by atoms with van der Waals surface area (Å²) in [5.74, 6) is 0.203. The third-order valence-corrected chi connectivity index (χ3v) is 6.01. The molecule has 2 amide bonds. The first-order chi connectivity index (χ1) is 13.6. The molecule has 1 aromatic rings. The monoisotopic (exact) mass is 392 g/mol. The molecule has 8 nitrogen and oxygen atoms in total. The van der Waals surface area contributed by atoms with E-state index < -0.39 is 5.54 Å². The lowest BCUT2D eigenvalue weighted by molar-refractivity contribution is -0.147. The van der Waals surface area contributed by atoms with Gasteiger partial charge in [-0.25, -0.2) is 4.98 Å². The standard InChI is InChI=1S/C20H32N4O4/c1-27-13-5-3-4-6-17(25)23-11-8-20(9-12-23)19-16(21-15-22-19)7-10-24(20)18(26)14-28-2/h15H,3-14H2,1-2H3,(H,21,22). The second-order valence-electron chi connectivity index (χ2n) is 7.67. The van der Waals surface area contributed by atoms with Gasteiger partial charge in [0.2, 0.25) is 11.8 Å². The lowest BCUT2D eigenvalue weighted by atomic mass is 9.78. The Labute approximate surface area is 166 Å². The first-order valence-corrected chi connectivity index (χ1v) is 10.2. The van der Waals surface area contributed by atoms with Gasteiger partial charge in [-0.3, -0.25) is 9.59 Å². The highest BCUT2D eigenvalue weighted by Crippen LogP contribution is 2.42. The number of aromatic nitrogens is 2. The maximum atomic E-state index is 12.7. The highest BCUT2D eigenvalue weighted by Gasteiger charge is 2.48. The van der Waals surface area contributed by atoms with Crippen LogP contribution in [0.15, 0.2) is 6.33 Å². The van der Waals surface area contributed by atoms with Gasteiger partial charge in [0, 0.05) is 59.0 Å². The molecule has 28 heavy (non-hydrogen) atoms. The van der Waals surface area contributed by atoms with Gasteiger partial charge in [-0.05, 0) is 25.7 Å². The fourth-order valence-corrected chi connectivity index (χ4v) is 4.53. The van der Waals surface area contributed by atoms with E-state index in [2.05, 4.69) is 9.97 Å². The highest BCUT2D eigenvalue weighted by atomic mass is 16.5. The normalized spacial score (nSPS) is 18.4. The Bertz CT molecular complexity index is 667. The highest BCUT2D eigenvalue weighted by molar-refractivity contribution is 5.79. The quantitative estimate of drug-likeness (QED) is 0.677. The predicted octanol–water partition coefficient (Wildman–Crippen LogP) is 1.47. The summed E-state index contributed by atoms with van der Waals surface area (Å²) in [5, 5.41) is 0. The van der Waals surface area contributed by atoms with Crippen LogP contribution in [0.2, 0.25) is 0 Å². The molecule has 8 heteroatoms. The molecule has 3 heterocycles. The molecule has 156 valence electrons. The van der Waals surface area contributed by atoms with E-state index in [1.54, 1.807) is 20.5 Å². The van der Waals surface area contributed by atoms with Gasteiger partial charge in [-0.1, -0.05) is 6.42 Å². The molecule has 0 aliphatic carbocycles. The SMILES string of the molecule is COCCCCCC(=O)N1CCC2(CC1)c1nc[nH]c1CCN2C(=O)COC. The number of fused-ring (bicyclic) bond motifs is 2. The van der Waals surface area contributed by atoms with E-state index in [0.717, 1.165) is 56.5 Å². The second kappa shape index (κ2) is 9.52. The van der Waals surface area contributed by atoms with Gasteiger partial charge in [0.05, 0.1) is 17.6 Å². The maximum absolute atomic E-state index is 12.7. The van der Waals surface area contributed by atoms with Gasteiger partial charge >= 0.3 is 0 Å². The predicted molar refractivity (Wildman–Crippen MR) is 104 cm³/mol. The van der Waals surface area contributed by atoms with Gasteiger partial charge in [0.25, 0.3) is 0 Å². The molecule has 1 fully saturated rings. The van der Waals surface area contributed by atoms with Crippen molar-refractivity contribution in [1.29, 1.82) is 0 Å². The minimum Gasteiger partial charge on any atom is -0.385 e. The number of amides is 2. The van der Waals surface area contributed by atoms with Gasteiger partial charge < -0.3 is 24.3 Å². The molecule has 0 bridgehead atoms. The van der Waals surface area contributed by atoms with Crippen molar-refractivity contribution in [1.82, 2.24) is 19.8 Å². The number of methoxy groups -OCH3 is 2. The maximum Gasteiger partial charge on any atom is 0.249 e. The Balaban J connectivity index is 1.64. The number of piperidine rings is 1. The summed E-state index contributed by atoms with van der Waals surface area (Å²) in [4.78, 5) is 37.0. The van der Waals surface area contributed by atoms with Crippen LogP contribution in [0.4, 0.5) is 0 Å². The lowest BCUT2D eigenvalue weighted by Crippen LogP contribution is -2.59. The van der Waals surface area contributed by atoms with E-state index in [4.69, 9.17) is 9.47 Å². The molecule has 3 rings (SSSR count). The minimum atomic E-state index is -0.432. The summed E-state index contributed by atoms with van der Waals surface area (Å²) in [7, 11) is 3.24. The fourth-order valence-electron chi connectivity index (χ4n) is 4.53. The first-order valence-electron chi connectivity index (χ1n) is 10.2. The Morgan fingerprint density at radius 1 is 1.11 bits per heavy atom. The Hall–Kier alpha value is -1.93. The molecule has 0 unspecified atom stereocenters. The average molecular weight is 393 g/mol. The number of nitrogens with zero attached hydrogens (tertiary/aromatic N) is 3. The smallest absolute Gasteiger partial charge is 0.249 e. The van der Waals surface area contributed by atoms with E-state index in [-0.39, 0.29) is 18.4 Å². The van der Waals surface area contributed by atoms with Crippen LogP contribution in [0.3, 0.4) is 0 Å². The number of imidazole rings is 1. The summed E-state index contributed by atoms with van der Waals surface area (Å²) in [5.41, 5.74) is 1.65. The largest absolute Gasteiger partial charge is 0.385 e. The molecule has 1 spiro atoms. The van der Waals surface area contributed by atoms with E-state index in [0.29, 0.717) is 26.1 Å². The number of hydrogen-bond acceptors (Lipinski definition) is 5. The van der Waals surface area contributed by atoms with Crippen LogP contribution in [0.25, 0.3) is 0 Å². The number of aromatic amines is 1. The van der Waals surface area contributed by atoms with Gasteiger partial charge in [0.1, 0.15) is 6.61 Å². The summed E-state index contributed by atoms with van der Waals surface area (Å²) in [6.45, 7) is 2.79. The zero-order valence-electron chi connectivity index (χ0n) is 17.0. The van der Waals surface area contributed by atoms with Crippen molar-refractivity contribution >= 4 is 11.8 Å². The molecule has 0 atom stereocenters. The van der Waals surface area contributed by atoms with Gasteiger partial charge in [0.15, 0.2) is 0 Å². The van der Waals surface area contributed by atoms with Crippen LogP contribution in [0.5, 0.6) is 0 Å². The van der Waals surface area contributed by atoms with Crippen molar-refractivity contribution in [2.24, 2.45) is 0 Å². The van der Waals surface area contributed by atoms with Gasteiger partial charge in [-0.2, -0.15) is 0 Å². The lowest BCUT2D eigenvalue weighted by Gasteiger charge is -2.50. The Morgan fingerprint density at radius 2 is 1.89 bits per heavy atom. The number of H-pyrrole nitrogens is 1. The summed E-state index contributed by atoms with van der Waals surface area (Å²) in [6, 6.07) is 0. The first kappa shape index (κ1) is 20.8. The van der Waals surface area contributed by atoms with E-state index in [1.807, 2.05) is 9.80 Å². The van der Waals surface area contributed by atoms with Crippen LogP contribution >= 0.6 is 0 Å². The van der Waals surface area contributed by atoms with Crippen molar-refractivity contribution in [2.45, 2.75) is 50.5 Å². The van der Waals surface area contributed by atoms with Crippen molar-refractivity contribution in [3.05, 3.63) is 17.7 Å². The molecule has 0 radical (unpaired) electrons. The molecule has 2 aliphatic rings. The molecule has 0 saturated carbocycles. The van der Waals surface area contributed by atoms with Gasteiger partial charge in [-0.15, -0.1) is 0 Å². The number of carbonyl (C=O) groups is 2. The van der Waals surface area contributed by atoms with E-state index in [9.17, 15) is 9.59 Å². The van der Waals surface area contributed by atoms with Crippen molar-refractivity contribution in [2.75, 3.05) is 47.1 Å².